The molecule has 1 heterocycles. The van der Waals surface area contributed by atoms with Crippen molar-refractivity contribution in [3.63, 3.8) is 0 Å². The Balaban J connectivity index is 1.57. The highest BCUT2D eigenvalue weighted by Crippen LogP contribution is 2.35. The van der Waals surface area contributed by atoms with E-state index in [-0.39, 0.29) is 28.6 Å². The topological polar surface area (TPSA) is 52.6 Å². The van der Waals surface area contributed by atoms with Gasteiger partial charge in [-0.1, -0.05) is 40.2 Å². The van der Waals surface area contributed by atoms with Crippen LogP contribution in [-0.4, -0.2) is 11.8 Å². The van der Waals surface area contributed by atoms with Crippen LogP contribution in [0.3, 0.4) is 0 Å². The molecular weight excluding hydrogens is 427 g/mol. The van der Waals surface area contributed by atoms with Crippen LogP contribution in [0.1, 0.15) is 26.3 Å². The lowest BCUT2D eigenvalue weighted by atomic mass is 10.1. The summed E-state index contributed by atoms with van der Waals surface area (Å²) >= 11 is 3.38. The molecule has 1 aliphatic heterocycles. The van der Waals surface area contributed by atoms with Crippen molar-refractivity contribution in [1.29, 1.82) is 0 Å². The molecule has 4 nitrogen and oxygen atoms in total. The second-order valence-electron chi connectivity index (χ2n) is 6.02. The number of ketones is 1. The highest BCUT2D eigenvalue weighted by Gasteiger charge is 2.28. The minimum Gasteiger partial charge on any atom is -0.452 e. The molecule has 0 amide bonds. The molecule has 0 aliphatic carbocycles. The number of hydrogen-bond acceptors (Lipinski definition) is 4. The van der Waals surface area contributed by atoms with Gasteiger partial charge in [0.1, 0.15) is 17.3 Å². The third kappa shape index (κ3) is 3.59. The Labute approximate surface area is 168 Å². The molecule has 3 aromatic rings. The summed E-state index contributed by atoms with van der Waals surface area (Å²) in [5.74, 6) is -1.15. The number of fused-ring (bicyclic) bond motifs is 1. The Morgan fingerprint density at radius 1 is 1.04 bits per heavy atom. The van der Waals surface area contributed by atoms with Crippen LogP contribution in [0.4, 0.5) is 4.39 Å². The van der Waals surface area contributed by atoms with Crippen molar-refractivity contribution >= 4 is 33.8 Å². The second kappa shape index (κ2) is 7.40. The van der Waals surface area contributed by atoms with Gasteiger partial charge in [-0.3, -0.25) is 4.79 Å². The summed E-state index contributed by atoms with van der Waals surface area (Å²) in [4.78, 5) is 24.7. The van der Waals surface area contributed by atoms with E-state index < -0.39 is 11.8 Å². The lowest BCUT2D eigenvalue weighted by Crippen LogP contribution is -2.10. The number of benzene rings is 3. The van der Waals surface area contributed by atoms with E-state index in [2.05, 4.69) is 15.9 Å². The van der Waals surface area contributed by atoms with Gasteiger partial charge in [-0.05, 0) is 48.0 Å². The van der Waals surface area contributed by atoms with Crippen LogP contribution < -0.4 is 9.47 Å². The largest absolute Gasteiger partial charge is 0.452 e. The fourth-order valence-electron chi connectivity index (χ4n) is 2.77. The molecule has 138 valence electrons. The maximum atomic E-state index is 13.7. The molecule has 6 heteroatoms. The Morgan fingerprint density at radius 2 is 1.86 bits per heavy atom. The monoisotopic (exact) mass is 438 g/mol. The lowest BCUT2D eigenvalue weighted by Gasteiger charge is -2.06. The van der Waals surface area contributed by atoms with Gasteiger partial charge in [-0.15, -0.1) is 0 Å². The maximum absolute atomic E-state index is 13.7. The second-order valence-corrected chi connectivity index (χ2v) is 6.94. The van der Waals surface area contributed by atoms with Crippen LogP contribution in [0.15, 0.2) is 77.0 Å². The van der Waals surface area contributed by atoms with E-state index in [0.717, 1.165) is 10.0 Å². The Bertz CT molecular complexity index is 1140. The number of halogens is 2. The van der Waals surface area contributed by atoms with E-state index in [1.54, 1.807) is 12.1 Å². The zero-order chi connectivity index (χ0) is 19.7. The maximum Gasteiger partial charge on any atom is 0.346 e. The molecule has 0 fully saturated rings. The van der Waals surface area contributed by atoms with Gasteiger partial charge in [0, 0.05) is 10.5 Å². The number of esters is 1. The molecule has 3 aromatic carbocycles. The number of allylic oxidation sites excluding steroid dienone is 1. The van der Waals surface area contributed by atoms with E-state index in [4.69, 9.17) is 9.47 Å². The molecule has 4 rings (SSSR count). The first-order valence-electron chi connectivity index (χ1n) is 8.32. The molecule has 0 aromatic heterocycles. The molecule has 0 saturated carbocycles. The van der Waals surface area contributed by atoms with Gasteiger partial charge < -0.3 is 9.47 Å². The van der Waals surface area contributed by atoms with Crippen LogP contribution in [0.2, 0.25) is 0 Å². The van der Waals surface area contributed by atoms with Crippen molar-refractivity contribution in [2.24, 2.45) is 0 Å². The van der Waals surface area contributed by atoms with E-state index in [1.807, 2.05) is 24.3 Å². The normalized spacial score (nSPS) is 13.9. The summed E-state index contributed by atoms with van der Waals surface area (Å²) in [5, 5.41) is 0. The van der Waals surface area contributed by atoms with Crippen LogP contribution in [0.25, 0.3) is 6.08 Å². The van der Waals surface area contributed by atoms with Crippen molar-refractivity contribution in [3.05, 3.63) is 99.5 Å². The summed E-state index contributed by atoms with van der Waals surface area (Å²) in [7, 11) is 0. The zero-order valence-corrected chi connectivity index (χ0v) is 15.9. The lowest BCUT2D eigenvalue weighted by molar-refractivity contribution is 0.0729. The van der Waals surface area contributed by atoms with Crippen molar-refractivity contribution in [2.75, 3.05) is 0 Å². The van der Waals surface area contributed by atoms with E-state index in [1.165, 1.54) is 36.4 Å². The molecule has 0 atom stereocenters. The predicted molar refractivity (Wildman–Crippen MR) is 105 cm³/mol. The highest BCUT2D eigenvalue weighted by molar-refractivity contribution is 9.10. The Morgan fingerprint density at radius 3 is 2.64 bits per heavy atom. The third-order valence-electron chi connectivity index (χ3n) is 4.09. The molecule has 0 bridgehead atoms. The summed E-state index contributed by atoms with van der Waals surface area (Å²) in [6, 6.07) is 17.4. The van der Waals surface area contributed by atoms with Gasteiger partial charge in [-0.2, -0.15) is 0 Å². The Hall–Kier alpha value is -3.25. The minimum atomic E-state index is -0.827. The predicted octanol–water partition coefficient (Wildman–Crippen LogP) is 5.42. The third-order valence-corrected chi connectivity index (χ3v) is 4.59. The van der Waals surface area contributed by atoms with Crippen molar-refractivity contribution < 1.29 is 23.5 Å². The fraction of sp³-hybridized carbons (Fsp3) is 0. The first-order chi connectivity index (χ1) is 13.5. The highest BCUT2D eigenvalue weighted by atomic mass is 79.9. The molecule has 28 heavy (non-hydrogen) atoms. The van der Waals surface area contributed by atoms with Gasteiger partial charge in [0.2, 0.25) is 5.78 Å². The Kier molecular flexibility index (Phi) is 4.79. The fourth-order valence-corrected chi connectivity index (χ4v) is 3.18. The van der Waals surface area contributed by atoms with Crippen LogP contribution in [0.5, 0.6) is 11.5 Å². The molecule has 0 unspecified atom stereocenters. The number of Topliss-reactive ketones (excluding diaryl/α,β-unsaturated/α-hetero) is 1. The van der Waals surface area contributed by atoms with Crippen molar-refractivity contribution in [3.8, 4) is 11.5 Å². The summed E-state index contributed by atoms with van der Waals surface area (Å²) in [6.45, 7) is 0. The van der Waals surface area contributed by atoms with E-state index >= 15 is 0 Å². The van der Waals surface area contributed by atoms with Crippen molar-refractivity contribution in [1.82, 2.24) is 0 Å². The molecular formula is C22H12BrFO4. The molecule has 0 radical (unpaired) electrons. The van der Waals surface area contributed by atoms with Gasteiger partial charge >= 0.3 is 5.97 Å². The van der Waals surface area contributed by atoms with Crippen LogP contribution in [-0.2, 0) is 0 Å². The molecule has 0 saturated heterocycles. The van der Waals surface area contributed by atoms with E-state index in [0.29, 0.717) is 5.56 Å². The van der Waals surface area contributed by atoms with Crippen LogP contribution in [0, 0.1) is 5.82 Å². The van der Waals surface area contributed by atoms with Gasteiger partial charge in [0.15, 0.2) is 5.76 Å². The van der Waals surface area contributed by atoms with Gasteiger partial charge in [0.25, 0.3) is 0 Å². The molecule has 0 N–H and O–H groups in total. The first kappa shape index (κ1) is 18.1. The minimum absolute atomic E-state index is 0.156. The number of ether oxygens (including phenoxy) is 2. The summed E-state index contributed by atoms with van der Waals surface area (Å²) in [5.41, 5.74) is 0.999. The molecule has 1 aliphatic rings. The van der Waals surface area contributed by atoms with Gasteiger partial charge in [0.05, 0.1) is 11.1 Å². The number of rotatable bonds is 3. The smallest absolute Gasteiger partial charge is 0.346 e. The SMILES string of the molecule is O=C(Oc1ccc2c(c1)O/C(=C\c1cccc(Br)c1)C2=O)c1ccccc1F. The molecule has 0 spiro atoms. The summed E-state index contributed by atoms with van der Waals surface area (Å²) in [6.07, 6.45) is 1.64. The van der Waals surface area contributed by atoms with Crippen molar-refractivity contribution in [2.45, 2.75) is 0 Å². The van der Waals surface area contributed by atoms with Crippen LogP contribution >= 0.6 is 15.9 Å². The van der Waals surface area contributed by atoms with Gasteiger partial charge in [-0.25, -0.2) is 9.18 Å². The van der Waals surface area contributed by atoms with E-state index in [9.17, 15) is 14.0 Å². The number of carbonyl (C=O) groups is 2. The quantitative estimate of drug-likeness (QED) is 0.311. The first-order valence-corrected chi connectivity index (χ1v) is 9.11. The standard InChI is InChI=1S/C22H12BrFO4/c23-14-5-3-4-13(10-14)11-20-21(25)17-9-8-15(12-19(17)28-20)27-22(26)16-6-1-2-7-18(16)24/h1-12H/b20-11-. The average molecular weight is 439 g/mol. The number of carbonyl (C=O) groups excluding carboxylic acids is 2. The summed E-state index contributed by atoms with van der Waals surface area (Å²) < 4.78 is 25.5. The zero-order valence-electron chi connectivity index (χ0n) is 14.3. The average Bonchev–Trinajstić information content (AvgIpc) is 2.97. The number of hydrogen-bond donors (Lipinski definition) is 0.